The van der Waals surface area contributed by atoms with Gasteiger partial charge in [-0.3, -0.25) is 5.21 Å². The average molecular weight is 210 g/mol. The van der Waals surface area contributed by atoms with Gasteiger partial charge in [-0.2, -0.15) is 0 Å². The molecule has 5 heteroatoms. The number of primary amides is 1. The Hall–Kier alpha value is -1.49. The number of furan rings is 1. The molecule has 15 heavy (non-hydrogen) atoms. The van der Waals surface area contributed by atoms with Crippen LogP contribution in [-0.4, -0.2) is 22.3 Å². The van der Waals surface area contributed by atoms with Crippen LogP contribution in [-0.2, 0) is 0 Å². The summed E-state index contributed by atoms with van der Waals surface area (Å²) in [5.74, 6) is 0.632. The molecule has 82 valence electrons. The van der Waals surface area contributed by atoms with Crippen LogP contribution in [0.4, 0.5) is 4.79 Å². The minimum atomic E-state index is -0.805. The standard InChI is InChI=1S/C10H14N2O3/c1-6(12(14)10(11)13)8-4-9(8)7-2-3-15-5-7/h2-3,5-6,8-9,14H,4H2,1H3,(H2,11,13). The van der Waals surface area contributed by atoms with Gasteiger partial charge in [0.05, 0.1) is 18.6 Å². The highest BCUT2D eigenvalue weighted by Gasteiger charge is 2.45. The predicted octanol–water partition coefficient (Wildman–Crippen LogP) is 1.54. The molecule has 1 fully saturated rings. The van der Waals surface area contributed by atoms with Gasteiger partial charge < -0.3 is 10.2 Å². The summed E-state index contributed by atoms with van der Waals surface area (Å²) >= 11 is 0. The molecule has 5 nitrogen and oxygen atoms in total. The van der Waals surface area contributed by atoms with Crippen LogP contribution in [0.5, 0.6) is 0 Å². The molecule has 2 amide bonds. The van der Waals surface area contributed by atoms with E-state index >= 15 is 0 Å². The number of hydrogen-bond acceptors (Lipinski definition) is 3. The van der Waals surface area contributed by atoms with Gasteiger partial charge in [-0.25, -0.2) is 9.86 Å². The first-order valence-electron chi connectivity index (χ1n) is 4.91. The molecule has 1 aliphatic rings. The van der Waals surface area contributed by atoms with E-state index in [4.69, 9.17) is 10.2 Å². The fourth-order valence-electron chi connectivity index (χ4n) is 2.00. The lowest BCUT2D eigenvalue weighted by Gasteiger charge is -2.20. The lowest BCUT2D eigenvalue weighted by molar-refractivity contribution is -0.0760. The van der Waals surface area contributed by atoms with Gasteiger partial charge >= 0.3 is 6.03 Å². The van der Waals surface area contributed by atoms with Crippen molar-refractivity contribution in [2.45, 2.75) is 25.3 Å². The molecule has 0 spiro atoms. The van der Waals surface area contributed by atoms with E-state index in [-0.39, 0.29) is 12.0 Å². The lowest BCUT2D eigenvalue weighted by atomic mass is 10.1. The number of hydrogen-bond donors (Lipinski definition) is 2. The first-order chi connectivity index (χ1) is 7.11. The summed E-state index contributed by atoms with van der Waals surface area (Å²) in [4.78, 5) is 10.7. The summed E-state index contributed by atoms with van der Waals surface area (Å²) in [7, 11) is 0. The largest absolute Gasteiger partial charge is 0.472 e. The van der Waals surface area contributed by atoms with Crippen LogP contribution in [0.15, 0.2) is 23.0 Å². The number of amides is 2. The maximum absolute atomic E-state index is 10.7. The smallest absolute Gasteiger partial charge is 0.338 e. The van der Waals surface area contributed by atoms with Gasteiger partial charge in [-0.15, -0.1) is 0 Å². The first kappa shape index (κ1) is 10.0. The molecule has 1 aromatic heterocycles. The van der Waals surface area contributed by atoms with Crippen LogP contribution < -0.4 is 5.73 Å². The number of carbonyl (C=O) groups is 1. The molecule has 3 N–H and O–H groups in total. The number of rotatable bonds is 3. The fraction of sp³-hybridized carbons (Fsp3) is 0.500. The highest BCUT2D eigenvalue weighted by Crippen LogP contribution is 2.50. The fourth-order valence-corrected chi connectivity index (χ4v) is 2.00. The maximum Gasteiger partial charge on any atom is 0.338 e. The highest BCUT2D eigenvalue weighted by molar-refractivity contribution is 5.71. The van der Waals surface area contributed by atoms with E-state index in [1.54, 1.807) is 19.5 Å². The van der Waals surface area contributed by atoms with Crippen molar-refractivity contribution in [3.05, 3.63) is 24.2 Å². The molecular weight excluding hydrogens is 196 g/mol. The Bertz CT molecular complexity index is 350. The Morgan fingerprint density at radius 1 is 1.80 bits per heavy atom. The van der Waals surface area contributed by atoms with E-state index < -0.39 is 6.03 Å². The summed E-state index contributed by atoms with van der Waals surface area (Å²) < 4.78 is 4.98. The summed E-state index contributed by atoms with van der Waals surface area (Å²) in [5.41, 5.74) is 6.10. The van der Waals surface area contributed by atoms with Gasteiger partial charge in [-0.05, 0) is 36.8 Å². The molecule has 1 aliphatic carbocycles. The van der Waals surface area contributed by atoms with E-state index in [0.717, 1.165) is 12.0 Å². The Kier molecular flexibility index (Phi) is 2.40. The molecule has 2 rings (SSSR count). The second kappa shape index (κ2) is 3.58. The van der Waals surface area contributed by atoms with Crippen molar-refractivity contribution in [2.75, 3.05) is 0 Å². The monoisotopic (exact) mass is 210 g/mol. The van der Waals surface area contributed by atoms with Gasteiger partial charge in [0.25, 0.3) is 0 Å². The maximum atomic E-state index is 10.7. The average Bonchev–Trinajstić information content (AvgIpc) is 2.82. The van der Waals surface area contributed by atoms with E-state index in [1.165, 1.54) is 0 Å². The van der Waals surface area contributed by atoms with Crippen LogP contribution in [0.25, 0.3) is 0 Å². The van der Waals surface area contributed by atoms with E-state index in [9.17, 15) is 10.0 Å². The zero-order chi connectivity index (χ0) is 11.0. The molecule has 0 radical (unpaired) electrons. The van der Waals surface area contributed by atoms with Gasteiger partial charge in [-0.1, -0.05) is 0 Å². The van der Waals surface area contributed by atoms with Crippen LogP contribution in [0.3, 0.4) is 0 Å². The number of urea groups is 1. The minimum absolute atomic E-state index is 0.248. The van der Waals surface area contributed by atoms with Crippen LogP contribution in [0.1, 0.15) is 24.8 Å². The summed E-state index contributed by atoms with van der Waals surface area (Å²) in [6.45, 7) is 1.79. The summed E-state index contributed by atoms with van der Waals surface area (Å²) in [5, 5.41) is 9.96. The highest BCUT2D eigenvalue weighted by atomic mass is 16.5. The third-order valence-electron chi connectivity index (χ3n) is 3.04. The molecule has 1 heterocycles. The number of hydroxylamine groups is 2. The molecule has 0 aromatic carbocycles. The molecule has 0 bridgehead atoms. The second-order valence-corrected chi connectivity index (χ2v) is 3.99. The van der Waals surface area contributed by atoms with Gasteiger partial charge in [0.2, 0.25) is 0 Å². The molecule has 0 saturated heterocycles. The van der Waals surface area contributed by atoms with Gasteiger partial charge in [0.15, 0.2) is 0 Å². The molecule has 0 aliphatic heterocycles. The van der Waals surface area contributed by atoms with Crippen LogP contribution >= 0.6 is 0 Å². The zero-order valence-electron chi connectivity index (χ0n) is 8.46. The molecule has 3 unspecified atom stereocenters. The summed E-state index contributed by atoms with van der Waals surface area (Å²) in [6.07, 6.45) is 4.27. The Morgan fingerprint density at radius 3 is 3.07 bits per heavy atom. The quantitative estimate of drug-likeness (QED) is 0.586. The van der Waals surface area contributed by atoms with Crippen LogP contribution in [0.2, 0.25) is 0 Å². The molecular formula is C10H14N2O3. The Balaban J connectivity index is 1.96. The first-order valence-corrected chi connectivity index (χ1v) is 4.91. The Labute approximate surface area is 87.4 Å². The van der Waals surface area contributed by atoms with Gasteiger partial charge in [0, 0.05) is 0 Å². The van der Waals surface area contributed by atoms with Crippen molar-refractivity contribution >= 4 is 6.03 Å². The SMILES string of the molecule is CC(C1CC1c1ccoc1)N(O)C(N)=O. The molecule has 1 aromatic rings. The van der Waals surface area contributed by atoms with Gasteiger partial charge in [0.1, 0.15) is 0 Å². The topological polar surface area (TPSA) is 79.7 Å². The molecule has 1 saturated carbocycles. The van der Waals surface area contributed by atoms with E-state index in [1.807, 2.05) is 6.07 Å². The van der Waals surface area contributed by atoms with Crippen molar-refractivity contribution in [3.8, 4) is 0 Å². The van der Waals surface area contributed by atoms with Crippen molar-refractivity contribution in [3.63, 3.8) is 0 Å². The second-order valence-electron chi connectivity index (χ2n) is 3.99. The van der Waals surface area contributed by atoms with E-state index in [2.05, 4.69) is 0 Å². The predicted molar refractivity (Wildman–Crippen MR) is 52.2 cm³/mol. The third-order valence-corrected chi connectivity index (χ3v) is 3.04. The van der Waals surface area contributed by atoms with Crippen LogP contribution in [0, 0.1) is 5.92 Å². The Morgan fingerprint density at radius 2 is 2.53 bits per heavy atom. The number of carbonyl (C=O) groups excluding carboxylic acids is 1. The minimum Gasteiger partial charge on any atom is -0.472 e. The van der Waals surface area contributed by atoms with Crippen molar-refractivity contribution < 1.29 is 14.4 Å². The zero-order valence-corrected chi connectivity index (χ0v) is 8.46. The number of nitrogens with zero attached hydrogens (tertiary/aromatic N) is 1. The molecule has 3 atom stereocenters. The lowest BCUT2D eigenvalue weighted by Crippen LogP contribution is -2.40. The van der Waals surface area contributed by atoms with E-state index in [0.29, 0.717) is 11.0 Å². The number of nitrogens with two attached hydrogens (primary N) is 1. The van der Waals surface area contributed by atoms with Crippen molar-refractivity contribution in [2.24, 2.45) is 11.7 Å². The van der Waals surface area contributed by atoms with Crippen molar-refractivity contribution in [1.29, 1.82) is 0 Å². The normalized spacial score (nSPS) is 26.0. The van der Waals surface area contributed by atoms with Crippen molar-refractivity contribution in [1.82, 2.24) is 5.06 Å². The summed E-state index contributed by atoms with van der Waals surface area (Å²) in [6, 6.07) is 0.853. The third kappa shape index (κ3) is 1.83.